The fourth-order valence-corrected chi connectivity index (χ4v) is 2.84. The van der Waals surface area contributed by atoms with E-state index < -0.39 is 0 Å². The maximum Gasteiger partial charge on any atom is 0.109 e. The molecule has 0 bridgehead atoms. The zero-order valence-electron chi connectivity index (χ0n) is 12.9. The highest BCUT2D eigenvalue weighted by atomic mass is 32.1. The second-order valence-electron chi connectivity index (χ2n) is 5.50. The molecule has 0 atom stereocenters. The van der Waals surface area contributed by atoms with Gasteiger partial charge in [0.25, 0.3) is 0 Å². The van der Waals surface area contributed by atoms with E-state index in [2.05, 4.69) is 65.6 Å². The van der Waals surface area contributed by atoms with Gasteiger partial charge in [-0.3, -0.25) is 0 Å². The molecule has 0 amide bonds. The monoisotopic (exact) mass is 317 g/mol. The lowest BCUT2D eigenvalue weighted by molar-refractivity contribution is 0.414. The van der Waals surface area contributed by atoms with Crippen LogP contribution in [0.25, 0.3) is 0 Å². The minimum Gasteiger partial charge on any atom is -0.354 e. The fourth-order valence-electron chi connectivity index (χ4n) is 2.57. The molecule has 0 saturated carbocycles. The summed E-state index contributed by atoms with van der Waals surface area (Å²) in [6, 6.07) is 31.2. The lowest BCUT2D eigenvalue weighted by atomic mass is 10.1. The molecule has 0 aliphatic rings. The van der Waals surface area contributed by atoms with Gasteiger partial charge in [-0.15, -0.1) is 0 Å². The first-order valence-electron chi connectivity index (χ1n) is 7.75. The molecule has 0 heterocycles. The van der Waals surface area contributed by atoms with Gasteiger partial charge in [-0.05, 0) is 11.1 Å². The molecule has 23 heavy (non-hydrogen) atoms. The molecule has 0 saturated heterocycles. The standard InChI is InChI=1S/C21H19NS/c23-21(20-14-8-3-9-15-20)22(16-18-10-4-1-5-11-18)17-19-12-6-2-7-13-19/h1-15H,16-17H2. The van der Waals surface area contributed by atoms with Crippen LogP contribution in [0.1, 0.15) is 16.7 Å². The third-order valence-corrected chi connectivity index (χ3v) is 4.23. The second kappa shape index (κ2) is 7.70. The zero-order chi connectivity index (χ0) is 15.9. The highest BCUT2D eigenvalue weighted by Crippen LogP contribution is 2.15. The van der Waals surface area contributed by atoms with Crippen molar-refractivity contribution in [1.82, 2.24) is 4.90 Å². The molecule has 0 unspecified atom stereocenters. The fraction of sp³-hybridized carbons (Fsp3) is 0.0952. The number of hydrogen-bond donors (Lipinski definition) is 0. The molecule has 0 aliphatic heterocycles. The van der Waals surface area contributed by atoms with Crippen LogP contribution in [0.2, 0.25) is 0 Å². The average molecular weight is 317 g/mol. The third kappa shape index (κ3) is 4.27. The van der Waals surface area contributed by atoms with Crippen LogP contribution in [0.5, 0.6) is 0 Å². The largest absolute Gasteiger partial charge is 0.354 e. The number of rotatable bonds is 5. The molecule has 114 valence electrons. The van der Waals surface area contributed by atoms with E-state index in [0.29, 0.717) is 0 Å². The van der Waals surface area contributed by atoms with Gasteiger partial charge >= 0.3 is 0 Å². The smallest absolute Gasteiger partial charge is 0.109 e. The topological polar surface area (TPSA) is 3.24 Å². The predicted octanol–water partition coefficient (Wildman–Crippen LogP) is 5.06. The molecule has 3 aromatic carbocycles. The van der Waals surface area contributed by atoms with Crippen LogP contribution < -0.4 is 0 Å². The van der Waals surface area contributed by atoms with Gasteiger partial charge in [0, 0.05) is 18.7 Å². The second-order valence-corrected chi connectivity index (χ2v) is 5.89. The van der Waals surface area contributed by atoms with E-state index in [1.165, 1.54) is 11.1 Å². The van der Waals surface area contributed by atoms with E-state index in [-0.39, 0.29) is 0 Å². The maximum absolute atomic E-state index is 5.77. The van der Waals surface area contributed by atoms with Gasteiger partial charge < -0.3 is 4.90 Å². The summed E-state index contributed by atoms with van der Waals surface area (Å²) in [5.41, 5.74) is 3.62. The van der Waals surface area contributed by atoms with Gasteiger partial charge in [0.15, 0.2) is 0 Å². The van der Waals surface area contributed by atoms with Crippen molar-refractivity contribution < 1.29 is 0 Å². The highest BCUT2D eigenvalue weighted by Gasteiger charge is 2.12. The van der Waals surface area contributed by atoms with Crippen molar-refractivity contribution in [1.29, 1.82) is 0 Å². The third-order valence-electron chi connectivity index (χ3n) is 3.74. The Bertz CT molecular complexity index is 697. The van der Waals surface area contributed by atoms with Crippen LogP contribution in [0, 0.1) is 0 Å². The molecular formula is C21H19NS. The van der Waals surface area contributed by atoms with Crippen LogP contribution >= 0.6 is 12.2 Å². The number of benzene rings is 3. The molecular weight excluding hydrogens is 298 g/mol. The van der Waals surface area contributed by atoms with E-state index in [0.717, 1.165) is 23.6 Å². The molecule has 0 N–H and O–H groups in total. The molecule has 0 aromatic heterocycles. The first-order valence-corrected chi connectivity index (χ1v) is 8.16. The van der Waals surface area contributed by atoms with E-state index in [1.54, 1.807) is 0 Å². The van der Waals surface area contributed by atoms with Crippen LogP contribution in [0.4, 0.5) is 0 Å². The highest BCUT2D eigenvalue weighted by molar-refractivity contribution is 7.80. The molecule has 2 heteroatoms. The van der Waals surface area contributed by atoms with E-state index in [9.17, 15) is 0 Å². The van der Waals surface area contributed by atoms with Crippen molar-refractivity contribution in [2.75, 3.05) is 0 Å². The summed E-state index contributed by atoms with van der Waals surface area (Å²) in [4.78, 5) is 3.15. The minimum atomic E-state index is 0.809. The molecule has 0 radical (unpaired) electrons. The summed E-state index contributed by atoms with van der Waals surface area (Å²) in [6.07, 6.45) is 0. The first-order chi connectivity index (χ1) is 11.3. The summed E-state index contributed by atoms with van der Waals surface area (Å²) in [6.45, 7) is 1.62. The Morgan fingerprint density at radius 2 is 1.00 bits per heavy atom. The van der Waals surface area contributed by atoms with E-state index >= 15 is 0 Å². The van der Waals surface area contributed by atoms with Gasteiger partial charge in [0.2, 0.25) is 0 Å². The number of thiocarbonyl (C=S) groups is 1. The van der Waals surface area contributed by atoms with Crippen molar-refractivity contribution in [2.24, 2.45) is 0 Å². The van der Waals surface area contributed by atoms with Gasteiger partial charge in [-0.2, -0.15) is 0 Å². The Morgan fingerprint density at radius 3 is 1.43 bits per heavy atom. The van der Waals surface area contributed by atoms with Crippen LogP contribution in [0.15, 0.2) is 91.0 Å². The van der Waals surface area contributed by atoms with Gasteiger partial charge in [0.1, 0.15) is 4.99 Å². The molecule has 3 aromatic rings. The molecule has 0 spiro atoms. The van der Waals surface area contributed by atoms with Crippen molar-refractivity contribution in [3.8, 4) is 0 Å². The molecule has 3 rings (SSSR count). The Kier molecular flexibility index (Phi) is 5.17. The van der Waals surface area contributed by atoms with Crippen LogP contribution in [0.3, 0.4) is 0 Å². The van der Waals surface area contributed by atoms with E-state index in [4.69, 9.17) is 12.2 Å². The number of nitrogens with zero attached hydrogens (tertiary/aromatic N) is 1. The van der Waals surface area contributed by atoms with Crippen molar-refractivity contribution >= 4 is 17.2 Å². The van der Waals surface area contributed by atoms with Gasteiger partial charge in [-0.1, -0.05) is 103 Å². The van der Waals surface area contributed by atoms with Crippen LogP contribution in [-0.4, -0.2) is 9.89 Å². The Labute approximate surface area is 143 Å². The van der Waals surface area contributed by atoms with Crippen molar-refractivity contribution in [3.63, 3.8) is 0 Å². The summed E-state index contributed by atoms with van der Waals surface area (Å²) >= 11 is 5.77. The van der Waals surface area contributed by atoms with Gasteiger partial charge in [0.05, 0.1) is 0 Å². The normalized spacial score (nSPS) is 10.3. The van der Waals surface area contributed by atoms with Crippen LogP contribution in [-0.2, 0) is 13.1 Å². The Morgan fingerprint density at radius 1 is 0.609 bits per heavy atom. The van der Waals surface area contributed by atoms with Crippen molar-refractivity contribution in [2.45, 2.75) is 13.1 Å². The van der Waals surface area contributed by atoms with E-state index in [1.807, 2.05) is 30.3 Å². The molecule has 0 aliphatic carbocycles. The number of hydrogen-bond acceptors (Lipinski definition) is 1. The lowest BCUT2D eigenvalue weighted by Gasteiger charge is -2.26. The average Bonchev–Trinajstić information content (AvgIpc) is 2.63. The van der Waals surface area contributed by atoms with Crippen molar-refractivity contribution in [3.05, 3.63) is 108 Å². The molecule has 0 fully saturated rings. The summed E-state index contributed by atoms with van der Waals surface area (Å²) in [7, 11) is 0. The summed E-state index contributed by atoms with van der Waals surface area (Å²) < 4.78 is 0. The summed E-state index contributed by atoms with van der Waals surface area (Å²) in [5, 5.41) is 0. The SMILES string of the molecule is S=C(c1ccccc1)N(Cc1ccccc1)Cc1ccccc1. The minimum absolute atomic E-state index is 0.809. The lowest BCUT2D eigenvalue weighted by Crippen LogP contribution is -2.29. The Balaban J connectivity index is 1.85. The first kappa shape index (κ1) is 15.4. The predicted molar refractivity (Wildman–Crippen MR) is 100 cm³/mol. The molecule has 1 nitrogen and oxygen atoms in total. The zero-order valence-corrected chi connectivity index (χ0v) is 13.7. The Hall–Kier alpha value is -2.45. The summed E-state index contributed by atoms with van der Waals surface area (Å²) in [5.74, 6) is 0. The van der Waals surface area contributed by atoms with Gasteiger partial charge in [-0.25, -0.2) is 0 Å². The quantitative estimate of drug-likeness (QED) is 0.605. The maximum atomic E-state index is 5.77.